The number of aliphatic hydroxyl groups excluding tert-OH is 1. The summed E-state index contributed by atoms with van der Waals surface area (Å²) < 4.78 is 7.29. The Morgan fingerprint density at radius 3 is 2.73 bits per heavy atom. The quantitative estimate of drug-likeness (QED) is 0.524. The molecular weight excluding hydrogens is 307 g/mol. The fourth-order valence-corrected chi connectivity index (χ4v) is 1.14. The highest BCUT2D eigenvalue weighted by molar-refractivity contribution is 14.1. The van der Waals surface area contributed by atoms with Crippen LogP contribution in [0, 0.1) is 9.85 Å². The maximum absolute atomic E-state index is 11.3. The number of hydrogen-bond acceptors (Lipinski definition) is 3. The van der Waals surface area contributed by atoms with E-state index in [9.17, 15) is 9.90 Å². The Kier molecular flexibility index (Phi) is 5.15. The van der Waals surface area contributed by atoms with Gasteiger partial charge in [0.25, 0.3) is 0 Å². The van der Waals surface area contributed by atoms with E-state index < -0.39 is 12.1 Å². The minimum atomic E-state index is -1.23. The Labute approximate surface area is 102 Å². The van der Waals surface area contributed by atoms with Gasteiger partial charge in [0.1, 0.15) is 0 Å². The van der Waals surface area contributed by atoms with Crippen molar-refractivity contribution in [3.05, 3.63) is 35.9 Å². The van der Waals surface area contributed by atoms with Crippen molar-refractivity contribution < 1.29 is 14.6 Å². The summed E-state index contributed by atoms with van der Waals surface area (Å²) in [5, 5.41) is 9.56. The zero-order valence-corrected chi connectivity index (χ0v) is 9.97. The fourth-order valence-electron chi connectivity index (χ4n) is 0.985. The van der Waals surface area contributed by atoms with Crippen LogP contribution in [0.2, 0.25) is 0 Å². The van der Waals surface area contributed by atoms with Crippen LogP contribution in [0.3, 0.4) is 0 Å². The minimum Gasteiger partial charge on any atom is -0.450 e. The summed E-state index contributed by atoms with van der Waals surface area (Å²) in [5.74, 6) is 1.89. The molecular formula is C11H9IO3. The van der Waals surface area contributed by atoms with Crippen LogP contribution >= 0.6 is 22.6 Å². The Hall–Kier alpha value is -1.06. The van der Waals surface area contributed by atoms with Crippen molar-refractivity contribution in [3.63, 3.8) is 0 Å². The van der Waals surface area contributed by atoms with Crippen molar-refractivity contribution >= 4 is 28.6 Å². The third-order valence-corrected chi connectivity index (χ3v) is 2.07. The summed E-state index contributed by atoms with van der Waals surface area (Å²) in [7, 11) is 0. The average molecular weight is 316 g/mol. The molecule has 0 spiro atoms. The highest BCUT2D eigenvalue weighted by Crippen LogP contribution is 2.13. The molecule has 1 unspecified atom stereocenters. The Balaban J connectivity index is 2.56. The molecule has 0 saturated carbocycles. The van der Waals surface area contributed by atoms with E-state index in [2.05, 4.69) is 9.85 Å². The first kappa shape index (κ1) is 12.0. The van der Waals surface area contributed by atoms with E-state index >= 15 is 0 Å². The lowest BCUT2D eigenvalue weighted by atomic mass is 10.1. The number of halogens is 1. The van der Waals surface area contributed by atoms with Gasteiger partial charge >= 0.3 is 5.97 Å². The lowest BCUT2D eigenvalue weighted by Crippen LogP contribution is -2.15. The number of aliphatic hydroxyl groups is 1. The first-order valence-corrected chi connectivity index (χ1v) is 5.31. The molecule has 0 heterocycles. The van der Waals surface area contributed by atoms with E-state index in [0.29, 0.717) is 5.56 Å². The van der Waals surface area contributed by atoms with E-state index in [1.54, 1.807) is 24.3 Å². The molecule has 0 aliphatic carbocycles. The molecule has 1 atom stereocenters. The van der Waals surface area contributed by atoms with Gasteiger partial charge < -0.3 is 9.84 Å². The molecule has 0 bridgehead atoms. The first-order chi connectivity index (χ1) is 7.25. The van der Waals surface area contributed by atoms with Crippen molar-refractivity contribution in [2.24, 2.45) is 0 Å². The van der Waals surface area contributed by atoms with E-state index in [0.717, 1.165) is 0 Å². The monoisotopic (exact) mass is 316 g/mol. The second-order valence-electron chi connectivity index (χ2n) is 2.69. The predicted molar refractivity (Wildman–Crippen MR) is 64.2 cm³/mol. The van der Waals surface area contributed by atoms with E-state index in [4.69, 9.17) is 4.74 Å². The van der Waals surface area contributed by atoms with Gasteiger partial charge in [-0.05, 0) is 9.49 Å². The number of carbonyl (C=O) groups is 1. The van der Waals surface area contributed by atoms with E-state index in [1.807, 2.05) is 28.7 Å². The first-order valence-electron chi connectivity index (χ1n) is 4.24. The zero-order valence-electron chi connectivity index (χ0n) is 7.81. The molecule has 0 aliphatic heterocycles. The van der Waals surface area contributed by atoms with Crippen LogP contribution in [0.25, 0.3) is 0 Å². The van der Waals surface area contributed by atoms with E-state index in [-0.39, 0.29) is 6.61 Å². The van der Waals surface area contributed by atoms with Gasteiger partial charge in [-0.15, -0.1) is 0 Å². The molecule has 3 nitrogen and oxygen atoms in total. The zero-order chi connectivity index (χ0) is 11.1. The molecule has 1 aromatic rings. The molecule has 0 saturated heterocycles. The number of carbonyl (C=O) groups excluding carboxylic acids is 1. The Morgan fingerprint density at radius 2 is 2.13 bits per heavy atom. The maximum atomic E-state index is 11.3. The number of benzene rings is 1. The second kappa shape index (κ2) is 6.43. The number of esters is 1. The summed E-state index contributed by atoms with van der Waals surface area (Å²) in [6, 6.07) is 8.63. The summed E-state index contributed by atoms with van der Waals surface area (Å²) in [5.41, 5.74) is 0.518. The van der Waals surface area contributed by atoms with Gasteiger partial charge in [-0.1, -0.05) is 36.3 Å². The van der Waals surface area contributed by atoms with Crippen molar-refractivity contribution in [2.75, 3.05) is 6.61 Å². The third kappa shape index (κ3) is 3.90. The van der Waals surface area contributed by atoms with E-state index in [1.165, 1.54) is 0 Å². The summed E-state index contributed by atoms with van der Waals surface area (Å²) in [6.45, 7) is 0.00562. The largest absolute Gasteiger partial charge is 0.450 e. The summed E-state index contributed by atoms with van der Waals surface area (Å²) in [6.07, 6.45) is -1.23. The van der Waals surface area contributed by atoms with Gasteiger partial charge in [0.2, 0.25) is 0 Å². The number of hydrogen-bond donors (Lipinski definition) is 1. The molecule has 1 N–H and O–H groups in total. The lowest BCUT2D eigenvalue weighted by Gasteiger charge is -2.08. The Morgan fingerprint density at radius 1 is 1.47 bits per heavy atom. The van der Waals surface area contributed by atoms with Crippen LogP contribution in [0.15, 0.2) is 30.3 Å². The highest BCUT2D eigenvalue weighted by atomic mass is 127. The van der Waals surface area contributed by atoms with Crippen molar-refractivity contribution in [1.29, 1.82) is 0 Å². The molecule has 4 heteroatoms. The van der Waals surface area contributed by atoms with Crippen LogP contribution in [0.5, 0.6) is 0 Å². The highest BCUT2D eigenvalue weighted by Gasteiger charge is 2.17. The van der Waals surface area contributed by atoms with Crippen LogP contribution in [-0.4, -0.2) is 17.7 Å². The van der Waals surface area contributed by atoms with Gasteiger partial charge in [0.15, 0.2) is 12.7 Å². The van der Waals surface area contributed by atoms with Gasteiger partial charge in [0.05, 0.1) is 0 Å². The topological polar surface area (TPSA) is 46.5 Å². The smallest absolute Gasteiger partial charge is 0.340 e. The number of rotatable bonds is 3. The third-order valence-electron chi connectivity index (χ3n) is 1.69. The molecule has 15 heavy (non-hydrogen) atoms. The Bertz CT molecular complexity index is 378. The molecule has 1 rings (SSSR count). The van der Waals surface area contributed by atoms with Crippen molar-refractivity contribution in [2.45, 2.75) is 6.10 Å². The number of ether oxygens (including phenoxy) is 1. The molecule has 0 amide bonds. The fraction of sp³-hybridized carbons (Fsp3) is 0.182. The van der Waals surface area contributed by atoms with Gasteiger partial charge in [0, 0.05) is 22.6 Å². The van der Waals surface area contributed by atoms with Crippen molar-refractivity contribution in [3.8, 4) is 9.85 Å². The molecule has 78 valence electrons. The van der Waals surface area contributed by atoms with Crippen LogP contribution in [0.4, 0.5) is 0 Å². The molecule has 1 aromatic carbocycles. The van der Waals surface area contributed by atoms with Crippen LogP contribution < -0.4 is 0 Å². The second-order valence-corrected chi connectivity index (χ2v) is 3.23. The van der Waals surface area contributed by atoms with Gasteiger partial charge in [-0.2, -0.15) is 0 Å². The normalized spacial score (nSPS) is 11.1. The van der Waals surface area contributed by atoms with Crippen LogP contribution in [-0.2, 0) is 9.53 Å². The molecule has 0 aliphatic rings. The standard InChI is InChI=1S/C11H9IO3/c12-7-4-8-15-11(14)10(13)9-5-2-1-3-6-9/h1-3,5-6,10,13H,8H2. The molecule has 0 radical (unpaired) electrons. The van der Waals surface area contributed by atoms with Crippen molar-refractivity contribution in [1.82, 2.24) is 0 Å². The predicted octanol–water partition coefficient (Wildman–Crippen LogP) is 1.66. The molecule has 0 fully saturated rings. The minimum absolute atomic E-state index is 0.00562. The average Bonchev–Trinajstić information content (AvgIpc) is 2.29. The summed E-state index contributed by atoms with van der Waals surface area (Å²) in [4.78, 5) is 11.3. The molecule has 0 aromatic heterocycles. The summed E-state index contributed by atoms with van der Waals surface area (Å²) >= 11 is 1.85. The van der Waals surface area contributed by atoms with Gasteiger partial charge in [-0.3, -0.25) is 0 Å². The van der Waals surface area contributed by atoms with Crippen LogP contribution in [0.1, 0.15) is 11.7 Å². The lowest BCUT2D eigenvalue weighted by molar-refractivity contribution is -0.152. The van der Waals surface area contributed by atoms with Gasteiger partial charge in [-0.25, -0.2) is 4.79 Å². The SMILES string of the molecule is O=C(OCC#CI)C(O)c1ccccc1. The maximum Gasteiger partial charge on any atom is 0.340 e.